The van der Waals surface area contributed by atoms with Gasteiger partial charge in [-0.05, 0) is 31.4 Å². The number of morpholine rings is 1. The predicted octanol–water partition coefficient (Wildman–Crippen LogP) is 3.54. The molecule has 2 aliphatic rings. The van der Waals surface area contributed by atoms with E-state index in [4.69, 9.17) is 21.4 Å². The summed E-state index contributed by atoms with van der Waals surface area (Å²) in [7, 11) is -1.34. The summed E-state index contributed by atoms with van der Waals surface area (Å²) >= 11 is 6.27. The topological polar surface area (TPSA) is 82.1 Å². The summed E-state index contributed by atoms with van der Waals surface area (Å²) in [5, 5.41) is 11.5. The van der Waals surface area contributed by atoms with Crippen LogP contribution in [0.25, 0.3) is 0 Å². The third kappa shape index (κ3) is 8.88. The molecule has 2 saturated heterocycles. The number of piperidine rings is 1. The van der Waals surface area contributed by atoms with Crippen LogP contribution in [0.4, 0.5) is 8.78 Å². The number of hydrogen-bond donors (Lipinski definition) is 2. The van der Waals surface area contributed by atoms with Crippen LogP contribution in [0.2, 0.25) is 5.02 Å². The maximum Gasteiger partial charge on any atom is 0.300 e. The molecule has 0 spiro atoms. The molecule has 3 rings (SSSR count). The average molecular weight is 522 g/mol. The minimum atomic E-state index is -3.14. The Balaban J connectivity index is 0.000000509. The third-order valence-electron chi connectivity index (χ3n) is 5.67. The molecule has 0 radical (unpaired) electrons. The second-order valence-corrected chi connectivity index (χ2v) is 10.3. The van der Waals surface area contributed by atoms with Crippen molar-refractivity contribution in [3.63, 3.8) is 0 Å². The van der Waals surface area contributed by atoms with E-state index in [1.54, 1.807) is 6.07 Å². The minimum Gasteiger partial charge on any atom is -0.507 e. The van der Waals surface area contributed by atoms with Crippen molar-refractivity contribution in [2.75, 3.05) is 52.5 Å². The van der Waals surface area contributed by atoms with Gasteiger partial charge in [0.15, 0.2) is 5.76 Å². The van der Waals surface area contributed by atoms with Crippen molar-refractivity contribution >= 4 is 28.5 Å². The molecule has 2 heterocycles. The number of amides is 1. The Kier molecular flexibility index (Phi) is 11.4. The van der Waals surface area contributed by atoms with Gasteiger partial charge in [0.05, 0.1) is 29.0 Å². The highest BCUT2D eigenvalue weighted by Crippen LogP contribution is 2.28. The van der Waals surface area contributed by atoms with E-state index in [1.807, 2.05) is 23.4 Å². The number of halogens is 3. The molecule has 2 aliphatic heterocycles. The maximum absolute atomic E-state index is 13.0. The van der Waals surface area contributed by atoms with Gasteiger partial charge < -0.3 is 15.2 Å². The molecule has 0 saturated carbocycles. The lowest BCUT2D eigenvalue weighted by atomic mass is 9.99. The summed E-state index contributed by atoms with van der Waals surface area (Å²) in [4.78, 5) is 15.5. The summed E-state index contributed by atoms with van der Waals surface area (Å²) < 4.78 is 43.2. The fraction of sp³-hybridized carbons (Fsp3) is 0.609. The first kappa shape index (κ1) is 28.6. The van der Waals surface area contributed by atoms with Crippen LogP contribution in [0.5, 0.6) is 0 Å². The quantitative estimate of drug-likeness (QED) is 0.536. The van der Waals surface area contributed by atoms with Crippen molar-refractivity contribution in [2.45, 2.75) is 37.5 Å². The standard InChI is InChI=1S/C19H28ClN3O3S.C4H6F2O/c1-15-4-2-6-17(20)18(15)27(25)23-8-3-5-16(14-23)19(24)21-7-9-22-10-12-26-13-11-22;1-3(7)4(2,5)6/h2,4,6,16H,3,5,7-14H2,1H3,(H,21,24);7H,1H2,2H3. The Labute approximate surface area is 207 Å². The van der Waals surface area contributed by atoms with Crippen molar-refractivity contribution in [3.8, 4) is 0 Å². The van der Waals surface area contributed by atoms with Gasteiger partial charge in [-0.25, -0.2) is 8.51 Å². The molecule has 192 valence electrons. The summed E-state index contributed by atoms with van der Waals surface area (Å²) in [6.45, 7) is 11.2. The van der Waals surface area contributed by atoms with E-state index in [1.165, 1.54) is 0 Å². The van der Waals surface area contributed by atoms with E-state index in [0.717, 1.165) is 57.8 Å². The minimum absolute atomic E-state index is 0.0563. The highest BCUT2D eigenvalue weighted by molar-refractivity contribution is 7.82. The SMILES string of the molecule is C=C(O)C(C)(F)F.Cc1cccc(Cl)c1S(=O)N1CCCC(C(=O)NCCN2CCOCC2)C1. The van der Waals surface area contributed by atoms with Crippen LogP contribution in [0.1, 0.15) is 25.3 Å². The molecular weight excluding hydrogens is 488 g/mol. The van der Waals surface area contributed by atoms with Crippen molar-refractivity contribution in [1.82, 2.24) is 14.5 Å². The normalized spacial score (nSPS) is 20.7. The number of allylic oxidation sites excluding steroid dienone is 1. The number of benzene rings is 1. The Morgan fingerprint density at radius 1 is 1.35 bits per heavy atom. The van der Waals surface area contributed by atoms with Gasteiger partial charge in [0.2, 0.25) is 5.91 Å². The zero-order valence-corrected chi connectivity index (χ0v) is 21.3. The molecule has 0 aromatic heterocycles. The summed E-state index contributed by atoms with van der Waals surface area (Å²) in [6.07, 6.45) is 1.69. The fourth-order valence-electron chi connectivity index (χ4n) is 3.58. The zero-order chi connectivity index (χ0) is 25.3. The monoisotopic (exact) mass is 521 g/mol. The first-order chi connectivity index (χ1) is 16.0. The van der Waals surface area contributed by atoms with E-state index in [-0.39, 0.29) is 11.8 Å². The number of carbonyl (C=O) groups excluding carboxylic acids is 1. The molecular formula is C23H34ClF2N3O4S. The van der Waals surface area contributed by atoms with Crippen molar-refractivity contribution in [1.29, 1.82) is 0 Å². The van der Waals surface area contributed by atoms with Crippen LogP contribution in [-0.2, 0) is 20.5 Å². The third-order valence-corrected chi connectivity index (χ3v) is 7.78. The number of carbonyl (C=O) groups is 1. The van der Waals surface area contributed by atoms with Crippen LogP contribution in [-0.4, -0.2) is 82.8 Å². The van der Waals surface area contributed by atoms with Gasteiger partial charge >= 0.3 is 0 Å². The molecule has 0 bridgehead atoms. The summed E-state index contributed by atoms with van der Waals surface area (Å²) in [5.41, 5.74) is 0.915. The van der Waals surface area contributed by atoms with E-state index in [9.17, 15) is 17.8 Å². The number of aryl methyl sites for hydroxylation is 1. The number of aliphatic hydroxyl groups excluding tert-OH is 1. The number of ether oxygens (including phenoxy) is 1. The first-order valence-corrected chi connectivity index (χ1v) is 12.7. The molecule has 34 heavy (non-hydrogen) atoms. The molecule has 2 fully saturated rings. The molecule has 2 atom stereocenters. The largest absolute Gasteiger partial charge is 0.507 e. The first-order valence-electron chi connectivity index (χ1n) is 11.3. The number of rotatable bonds is 7. The Morgan fingerprint density at radius 2 is 2.00 bits per heavy atom. The zero-order valence-electron chi connectivity index (χ0n) is 19.7. The van der Waals surface area contributed by atoms with Crippen LogP contribution < -0.4 is 5.32 Å². The molecule has 1 amide bonds. The number of nitrogens with one attached hydrogen (secondary N) is 1. The van der Waals surface area contributed by atoms with Crippen LogP contribution in [0, 0.1) is 12.8 Å². The van der Waals surface area contributed by atoms with E-state index in [0.29, 0.717) is 29.9 Å². The molecule has 2 unspecified atom stereocenters. The number of alkyl halides is 2. The van der Waals surface area contributed by atoms with Crippen LogP contribution in [0.3, 0.4) is 0 Å². The van der Waals surface area contributed by atoms with E-state index in [2.05, 4.69) is 16.8 Å². The number of hydrogen-bond acceptors (Lipinski definition) is 5. The van der Waals surface area contributed by atoms with Gasteiger partial charge in [-0.2, -0.15) is 8.78 Å². The summed E-state index contributed by atoms with van der Waals surface area (Å²) in [6, 6.07) is 5.54. The maximum atomic E-state index is 13.0. The molecule has 7 nitrogen and oxygen atoms in total. The second kappa shape index (κ2) is 13.5. The Bertz CT molecular complexity index is 843. The van der Waals surface area contributed by atoms with E-state index >= 15 is 0 Å². The lowest BCUT2D eigenvalue weighted by molar-refractivity contribution is -0.126. The molecule has 1 aromatic carbocycles. The van der Waals surface area contributed by atoms with Gasteiger partial charge in [0.1, 0.15) is 11.0 Å². The van der Waals surface area contributed by atoms with Gasteiger partial charge in [0, 0.05) is 46.2 Å². The van der Waals surface area contributed by atoms with Crippen molar-refractivity contribution in [2.24, 2.45) is 5.92 Å². The predicted molar refractivity (Wildman–Crippen MR) is 130 cm³/mol. The van der Waals surface area contributed by atoms with Crippen LogP contribution in [0.15, 0.2) is 35.4 Å². The van der Waals surface area contributed by atoms with Crippen molar-refractivity contribution < 1.29 is 27.6 Å². The fourth-order valence-corrected chi connectivity index (χ4v) is 5.45. The lowest BCUT2D eigenvalue weighted by Crippen LogP contribution is -2.46. The average Bonchev–Trinajstić information content (AvgIpc) is 2.79. The Hall–Kier alpha value is -1.59. The summed E-state index contributed by atoms with van der Waals surface area (Å²) in [5.74, 6) is -4.30. The van der Waals surface area contributed by atoms with E-state index < -0.39 is 22.7 Å². The Morgan fingerprint density at radius 3 is 2.59 bits per heavy atom. The lowest BCUT2D eigenvalue weighted by Gasteiger charge is -2.31. The van der Waals surface area contributed by atoms with Crippen molar-refractivity contribution in [3.05, 3.63) is 41.1 Å². The van der Waals surface area contributed by atoms with Gasteiger partial charge in [-0.15, -0.1) is 0 Å². The number of nitrogens with zero attached hydrogens (tertiary/aromatic N) is 2. The molecule has 1 aromatic rings. The smallest absolute Gasteiger partial charge is 0.300 e. The molecule has 0 aliphatic carbocycles. The molecule has 11 heteroatoms. The second-order valence-electron chi connectivity index (χ2n) is 8.44. The van der Waals surface area contributed by atoms with Crippen LogP contribution >= 0.6 is 11.6 Å². The van der Waals surface area contributed by atoms with Gasteiger partial charge in [0.25, 0.3) is 5.92 Å². The number of aliphatic hydroxyl groups is 1. The van der Waals surface area contributed by atoms with Gasteiger partial charge in [-0.1, -0.05) is 30.3 Å². The van der Waals surface area contributed by atoms with Gasteiger partial charge in [-0.3, -0.25) is 9.69 Å². The highest BCUT2D eigenvalue weighted by atomic mass is 35.5. The highest BCUT2D eigenvalue weighted by Gasteiger charge is 2.30. The molecule has 2 N–H and O–H groups in total.